The molecule has 112 valence electrons. The first kappa shape index (κ1) is 15.1. The third-order valence-electron chi connectivity index (χ3n) is 3.26. The second kappa shape index (κ2) is 6.16. The topological polar surface area (TPSA) is 59.1 Å². The first-order chi connectivity index (χ1) is 10.6. The molecule has 0 aliphatic carbocycles. The van der Waals surface area contributed by atoms with Gasteiger partial charge in [0.2, 0.25) is 10.0 Å². The summed E-state index contributed by atoms with van der Waals surface area (Å²) < 4.78 is 28.6. The van der Waals surface area contributed by atoms with Crippen LogP contribution in [0, 0.1) is 0 Å². The molecular formula is C16H13BrN2O2S. The summed E-state index contributed by atoms with van der Waals surface area (Å²) in [5, 5.41) is 0.800. The maximum Gasteiger partial charge on any atom is 0.243 e. The van der Waals surface area contributed by atoms with E-state index < -0.39 is 10.0 Å². The zero-order valence-corrected chi connectivity index (χ0v) is 13.9. The molecule has 22 heavy (non-hydrogen) atoms. The van der Waals surface area contributed by atoms with E-state index in [1.165, 1.54) is 0 Å². The van der Waals surface area contributed by atoms with Crippen LogP contribution in [0.25, 0.3) is 10.9 Å². The lowest BCUT2D eigenvalue weighted by Crippen LogP contribution is -2.23. The number of nitrogens with zero attached hydrogens (tertiary/aromatic N) is 1. The molecular weight excluding hydrogens is 364 g/mol. The van der Waals surface area contributed by atoms with Crippen molar-refractivity contribution in [2.45, 2.75) is 11.4 Å². The zero-order valence-electron chi connectivity index (χ0n) is 11.5. The van der Waals surface area contributed by atoms with Gasteiger partial charge in [-0.3, -0.25) is 4.98 Å². The van der Waals surface area contributed by atoms with Crippen molar-refractivity contribution in [1.82, 2.24) is 9.71 Å². The van der Waals surface area contributed by atoms with E-state index in [1.807, 2.05) is 36.4 Å². The summed E-state index contributed by atoms with van der Waals surface area (Å²) in [5.41, 5.74) is 1.37. The average Bonchev–Trinajstić information content (AvgIpc) is 2.54. The molecule has 0 aliphatic rings. The molecule has 3 rings (SSSR count). The standard InChI is InChI=1S/C16H13BrN2O2S/c17-14-8-6-12(7-9-14)11-19-22(20,21)15-5-1-3-13-4-2-10-18-16(13)15/h1-10,19H,11H2. The summed E-state index contributed by atoms with van der Waals surface area (Å²) in [6.45, 7) is 0.235. The van der Waals surface area contributed by atoms with E-state index in [2.05, 4.69) is 25.6 Å². The number of sulfonamides is 1. The van der Waals surface area contributed by atoms with Crippen molar-refractivity contribution >= 4 is 36.9 Å². The van der Waals surface area contributed by atoms with Crippen LogP contribution in [-0.4, -0.2) is 13.4 Å². The quantitative estimate of drug-likeness (QED) is 0.758. The Kier molecular flexibility index (Phi) is 4.24. The van der Waals surface area contributed by atoms with Gasteiger partial charge in [0, 0.05) is 22.6 Å². The number of rotatable bonds is 4. The SMILES string of the molecule is O=S(=O)(NCc1ccc(Br)cc1)c1cccc2cccnc12. The smallest absolute Gasteiger partial charge is 0.243 e. The normalized spacial score (nSPS) is 11.7. The molecule has 1 N–H and O–H groups in total. The summed E-state index contributed by atoms with van der Waals surface area (Å²) in [4.78, 5) is 4.39. The van der Waals surface area contributed by atoms with Crippen molar-refractivity contribution in [2.75, 3.05) is 0 Å². The van der Waals surface area contributed by atoms with Gasteiger partial charge in [-0.05, 0) is 29.8 Å². The van der Waals surface area contributed by atoms with E-state index in [4.69, 9.17) is 0 Å². The fraction of sp³-hybridized carbons (Fsp3) is 0.0625. The fourth-order valence-corrected chi connectivity index (χ4v) is 3.61. The average molecular weight is 377 g/mol. The Balaban J connectivity index is 1.90. The van der Waals surface area contributed by atoms with Crippen LogP contribution in [0.15, 0.2) is 70.2 Å². The first-order valence-electron chi connectivity index (χ1n) is 6.64. The Labute approximate surface area is 137 Å². The van der Waals surface area contributed by atoms with Gasteiger partial charge in [-0.1, -0.05) is 46.3 Å². The molecule has 2 aromatic carbocycles. The van der Waals surface area contributed by atoms with Crippen LogP contribution in [-0.2, 0) is 16.6 Å². The van der Waals surface area contributed by atoms with E-state index in [-0.39, 0.29) is 11.4 Å². The van der Waals surface area contributed by atoms with E-state index >= 15 is 0 Å². The maximum absolute atomic E-state index is 12.5. The van der Waals surface area contributed by atoms with Crippen LogP contribution in [0.2, 0.25) is 0 Å². The van der Waals surface area contributed by atoms with Gasteiger partial charge >= 0.3 is 0 Å². The van der Waals surface area contributed by atoms with Gasteiger partial charge in [0.15, 0.2) is 0 Å². The number of aromatic nitrogens is 1. The largest absolute Gasteiger partial charge is 0.255 e. The molecule has 0 amide bonds. The molecule has 3 aromatic rings. The summed E-state index contributed by atoms with van der Waals surface area (Å²) in [6.07, 6.45) is 1.59. The van der Waals surface area contributed by atoms with Gasteiger partial charge in [-0.2, -0.15) is 0 Å². The molecule has 6 heteroatoms. The molecule has 0 saturated carbocycles. The Bertz CT molecular complexity index is 904. The minimum absolute atomic E-state index is 0.197. The van der Waals surface area contributed by atoms with Crippen LogP contribution in [0.1, 0.15) is 5.56 Å². The molecule has 1 aromatic heterocycles. The molecule has 0 bridgehead atoms. The highest BCUT2D eigenvalue weighted by molar-refractivity contribution is 9.10. The molecule has 4 nitrogen and oxygen atoms in total. The van der Waals surface area contributed by atoms with Gasteiger partial charge in [-0.15, -0.1) is 0 Å². The molecule has 0 saturated heterocycles. The van der Waals surface area contributed by atoms with E-state index in [0.717, 1.165) is 15.4 Å². The second-order valence-electron chi connectivity index (χ2n) is 4.78. The number of nitrogens with one attached hydrogen (secondary N) is 1. The molecule has 0 radical (unpaired) electrons. The Hall–Kier alpha value is -1.76. The number of hydrogen-bond acceptors (Lipinski definition) is 3. The van der Waals surface area contributed by atoms with Crippen molar-refractivity contribution in [3.63, 3.8) is 0 Å². The highest BCUT2D eigenvalue weighted by Crippen LogP contribution is 2.20. The number of halogens is 1. The predicted octanol–water partition coefficient (Wildman–Crippen LogP) is 3.48. The number of fused-ring (bicyclic) bond motifs is 1. The van der Waals surface area contributed by atoms with Gasteiger partial charge in [0.05, 0.1) is 5.52 Å². The lowest BCUT2D eigenvalue weighted by Gasteiger charge is -2.09. The summed E-state index contributed by atoms with van der Waals surface area (Å²) in [7, 11) is -3.62. The van der Waals surface area contributed by atoms with Crippen LogP contribution in [0.3, 0.4) is 0 Å². The van der Waals surface area contributed by atoms with Crippen molar-refractivity contribution in [1.29, 1.82) is 0 Å². The molecule has 0 spiro atoms. The minimum Gasteiger partial charge on any atom is -0.255 e. The fourth-order valence-electron chi connectivity index (χ4n) is 2.15. The van der Waals surface area contributed by atoms with Crippen molar-refractivity contribution in [3.8, 4) is 0 Å². The van der Waals surface area contributed by atoms with Crippen LogP contribution < -0.4 is 4.72 Å². The van der Waals surface area contributed by atoms with E-state index in [1.54, 1.807) is 24.4 Å². The minimum atomic E-state index is -3.62. The van der Waals surface area contributed by atoms with Gasteiger partial charge in [0.1, 0.15) is 4.90 Å². The van der Waals surface area contributed by atoms with Gasteiger partial charge in [-0.25, -0.2) is 13.1 Å². The van der Waals surface area contributed by atoms with E-state index in [9.17, 15) is 8.42 Å². The van der Waals surface area contributed by atoms with Gasteiger partial charge in [0.25, 0.3) is 0 Å². The molecule has 1 heterocycles. The third kappa shape index (κ3) is 3.19. The Morgan fingerprint density at radius 2 is 1.73 bits per heavy atom. The summed E-state index contributed by atoms with van der Waals surface area (Å²) in [5.74, 6) is 0. The summed E-state index contributed by atoms with van der Waals surface area (Å²) >= 11 is 3.35. The monoisotopic (exact) mass is 376 g/mol. The molecule has 0 unspecified atom stereocenters. The molecule has 0 aliphatic heterocycles. The molecule has 0 fully saturated rings. The van der Waals surface area contributed by atoms with E-state index in [0.29, 0.717) is 5.52 Å². The van der Waals surface area contributed by atoms with Crippen molar-refractivity contribution in [3.05, 3.63) is 70.8 Å². The Morgan fingerprint density at radius 3 is 2.50 bits per heavy atom. The number of benzene rings is 2. The van der Waals surface area contributed by atoms with Crippen molar-refractivity contribution in [2.24, 2.45) is 0 Å². The Morgan fingerprint density at radius 1 is 1.00 bits per heavy atom. The first-order valence-corrected chi connectivity index (χ1v) is 8.92. The van der Waals surface area contributed by atoms with Crippen LogP contribution in [0.5, 0.6) is 0 Å². The highest BCUT2D eigenvalue weighted by atomic mass is 79.9. The highest BCUT2D eigenvalue weighted by Gasteiger charge is 2.17. The zero-order chi connectivity index (χ0) is 15.6. The predicted molar refractivity (Wildman–Crippen MR) is 89.9 cm³/mol. The van der Waals surface area contributed by atoms with Crippen molar-refractivity contribution < 1.29 is 8.42 Å². The maximum atomic E-state index is 12.5. The van der Waals surface area contributed by atoms with Crippen LogP contribution in [0.4, 0.5) is 0 Å². The van der Waals surface area contributed by atoms with Crippen LogP contribution >= 0.6 is 15.9 Å². The number of para-hydroxylation sites is 1. The van der Waals surface area contributed by atoms with Gasteiger partial charge < -0.3 is 0 Å². The number of hydrogen-bond donors (Lipinski definition) is 1. The summed E-state index contributed by atoms with van der Waals surface area (Å²) in [6, 6.07) is 16.3. The molecule has 0 atom stereocenters. The third-order valence-corrected chi connectivity index (χ3v) is 5.23. The number of pyridine rings is 1. The lowest BCUT2D eigenvalue weighted by molar-refractivity contribution is 0.582. The second-order valence-corrected chi connectivity index (χ2v) is 7.43. The lowest BCUT2D eigenvalue weighted by atomic mass is 10.2.